The van der Waals surface area contributed by atoms with Gasteiger partial charge >= 0.3 is 0 Å². The molecule has 0 aromatic heterocycles. The Labute approximate surface area is 53.5 Å². The van der Waals surface area contributed by atoms with Gasteiger partial charge in [-0.25, -0.2) is 0 Å². The fraction of sp³-hybridized carbons (Fsp3) is 0.667. The Bertz CT molecular complexity index is 19.7. The smallest absolute Gasteiger partial charge is 0 e. The van der Waals surface area contributed by atoms with E-state index in [4.69, 9.17) is 0 Å². The fourth-order valence-electron chi connectivity index (χ4n) is 0.760. The van der Waals surface area contributed by atoms with Crippen LogP contribution < -0.4 is 0 Å². The van der Waals surface area contributed by atoms with Gasteiger partial charge in [-0.3, -0.25) is 0 Å². The van der Waals surface area contributed by atoms with Crippen molar-refractivity contribution >= 4 is 0 Å². The van der Waals surface area contributed by atoms with E-state index >= 15 is 0 Å². The molecule has 43 valence electrons. The molecule has 1 aliphatic rings. The first-order chi connectivity index (χ1) is 3.00. The maximum Gasteiger partial charge on any atom is 0 e. The summed E-state index contributed by atoms with van der Waals surface area (Å²) in [4.78, 5) is 0. The molecule has 1 aliphatic carbocycles. The molecule has 1 rings (SSSR count). The van der Waals surface area contributed by atoms with Gasteiger partial charge in [-0.05, 0) is 0 Å². The van der Waals surface area contributed by atoms with Crippen LogP contribution in [0.5, 0.6) is 0 Å². The molecule has 0 amide bonds. The second-order valence-corrected chi connectivity index (χ2v) is 1.74. The zero-order valence-electron chi connectivity index (χ0n) is 4.36. The number of rotatable bonds is 0. The van der Waals surface area contributed by atoms with Crippen molar-refractivity contribution in [3.8, 4) is 0 Å². The predicted molar refractivity (Wildman–Crippen MR) is 27.1 cm³/mol. The van der Waals surface area contributed by atoms with Crippen molar-refractivity contribution in [1.82, 2.24) is 0 Å². The maximum absolute atomic E-state index is 2.34. The van der Waals surface area contributed by atoms with Crippen LogP contribution in [0.2, 0.25) is 0 Å². The molecule has 0 heterocycles. The summed E-state index contributed by atoms with van der Waals surface area (Å²) in [5.41, 5.74) is 0. The summed E-state index contributed by atoms with van der Waals surface area (Å²) < 4.78 is 0. The molecule has 1 fully saturated rings. The standard InChI is InChI=1S/C6H10.Am/c1-2-4-6-5-3-1;/h1,4H,2-3,5-6H2;/q-2;. The average molecular weight is 325 g/mol. The van der Waals surface area contributed by atoms with Crippen LogP contribution in [0.15, 0.2) is 0 Å². The molecular formula is C6H10Am-2. The van der Waals surface area contributed by atoms with E-state index in [9.17, 15) is 0 Å². The van der Waals surface area contributed by atoms with Crippen molar-refractivity contribution in [2.45, 2.75) is 25.7 Å². The predicted octanol–water partition coefficient (Wildman–Crippen LogP) is 1.97. The van der Waals surface area contributed by atoms with Gasteiger partial charge in [0.2, 0.25) is 0 Å². The van der Waals surface area contributed by atoms with Crippen molar-refractivity contribution in [2.24, 2.45) is 0 Å². The van der Waals surface area contributed by atoms with Crippen LogP contribution in [0.4, 0.5) is 0 Å². The SMILES string of the molecule is [Am].[CH-]1C[CH-]CCC1. The Morgan fingerprint density at radius 2 is 1.57 bits per heavy atom. The molecule has 7 heavy (non-hydrogen) atoms. The van der Waals surface area contributed by atoms with Gasteiger partial charge in [-0.15, -0.1) is 6.42 Å². The summed E-state index contributed by atoms with van der Waals surface area (Å²) in [5, 5.41) is 0. The number of hydrogen-bond acceptors (Lipinski definition) is 0. The minimum absolute atomic E-state index is 0. The molecule has 0 aromatic carbocycles. The molecule has 0 N–H and O–H groups in total. The first kappa shape index (κ1) is 7.39. The second kappa shape index (κ2) is 4.55. The van der Waals surface area contributed by atoms with Crippen molar-refractivity contribution in [3.63, 3.8) is 0 Å². The van der Waals surface area contributed by atoms with E-state index in [0.29, 0.717) is 0 Å². The Morgan fingerprint density at radius 3 is 1.71 bits per heavy atom. The quantitative estimate of drug-likeness (QED) is 0.598. The fourth-order valence-corrected chi connectivity index (χ4v) is 0.760. The van der Waals surface area contributed by atoms with Crippen LogP contribution in [-0.2, 0) is 0 Å². The molecule has 0 unspecified atom stereocenters. The van der Waals surface area contributed by atoms with Gasteiger partial charge in [0.25, 0.3) is 0 Å². The van der Waals surface area contributed by atoms with Gasteiger partial charge in [-0.1, -0.05) is 0 Å². The van der Waals surface area contributed by atoms with E-state index in [1.807, 2.05) is 0 Å². The normalized spacial score (nSPS) is 20.6. The van der Waals surface area contributed by atoms with Crippen LogP contribution in [0.3, 0.4) is 0 Å². The zero-order chi connectivity index (χ0) is 4.24. The Balaban J connectivity index is 0.000000360. The first-order valence-corrected chi connectivity index (χ1v) is 2.63. The monoisotopic (exact) mass is 323 g/mol. The summed E-state index contributed by atoms with van der Waals surface area (Å²) in [6.07, 6.45) is 10.0. The van der Waals surface area contributed by atoms with Crippen molar-refractivity contribution < 1.29 is 14.3 Å². The van der Waals surface area contributed by atoms with Gasteiger partial charge in [-0.2, -0.15) is 12.8 Å². The molecule has 0 aromatic rings. The van der Waals surface area contributed by atoms with E-state index in [-0.39, 0.29) is 14.3 Å². The van der Waals surface area contributed by atoms with Gasteiger partial charge < -0.3 is 19.3 Å². The topological polar surface area (TPSA) is 0 Å². The Hall–Kier alpha value is 0.390. The molecule has 1 radical (unpaired) electrons. The van der Waals surface area contributed by atoms with E-state index in [0.717, 1.165) is 0 Å². The van der Waals surface area contributed by atoms with E-state index in [1.165, 1.54) is 25.7 Å². The van der Waals surface area contributed by atoms with Crippen LogP contribution in [0.1, 0.15) is 25.7 Å². The Kier molecular flexibility index (Phi) is 4.80. The third kappa shape index (κ3) is 3.02. The third-order valence-electron chi connectivity index (χ3n) is 1.15. The van der Waals surface area contributed by atoms with Crippen LogP contribution in [-0.4, -0.2) is 0 Å². The van der Waals surface area contributed by atoms with Crippen LogP contribution in [0, 0.1) is 27.1 Å². The van der Waals surface area contributed by atoms with E-state index in [1.54, 1.807) is 0 Å². The van der Waals surface area contributed by atoms with E-state index < -0.39 is 0 Å². The Morgan fingerprint density at radius 1 is 1.00 bits per heavy atom. The second-order valence-electron chi connectivity index (χ2n) is 1.74. The average Bonchev–Trinajstić information content (AvgIpc) is 1.72. The minimum atomic E-state index is 0. The molecule has 0 saturated heterocycles. The summed E-state index contributed by atoms with van der Waals surface area (Å²) in [7, 11) is 0. The molecule has 1 heteroatoms. The molecular weight excluding hydrogens is 315 g/mol. The molecule has 1 saturated carbocycles. The maximum atomic E-state index is 2.34. The summed E-state index contributed by atoms with van der Waals surface area (Å²) in [6, 6.07) is 0. The number of hydrogen-bond donors (Lipinski definition) is 0. The van der Waals surface area contributed by atoms with Gasteiger partial charge in [0.05, 0.1) is 0 Å². The summed E-state index contributed by atoms with van der Waals surface area (Å²) in [5.74, 6) is 0. The zero-order valence-corrected chi connectivity index (χ0v) is 7.51. The molecule has 0 spiro atoms. The van der Waals surface area contributed by atoms with Gasteiger partial charge in [0, 0.05) is 14.3 Å². The molecule has 0 atom stereocenters. The largest absolute Gasteiger partial charge is 0.357 e. The molecule has 0 nitrogen and oxygen atoms in total. The third-order valence-corrected chi connectivity index (χ3v) is 1.15. The van der Waals surface area contributed by atoms with Crippen molar-refractivity contribution in [1.29, 1.82) is 0 Å². The minimum Gasteiger partial charge on any atom is -0.357 e. The van der Waals surface area contributed by atoms with E-state index in [2.05, 4.69) is 12.8 Å². The summed E-state index contributed by atoms with van der Waals surface area (Å²) in [6.45, 7) is 0. The van der Waals surface area contributed by atoms with Crippen LogP contribution in [0.25, 0.3) is 0 Å². The van der Waals surface area contributed by atoms with Gasteiger partial charge in [0.15, 0.2) is 0 Å². The molecule has 0 aliphatic heterocycles. The first-order valence-electron chi connectivity index (χ1n) is 2.63. The van der Waals surface area contributed by atoms with Gasteiger partial charge in [0.1, 0.15) is 0 Å². The van der Waals surface area contributed by atoms with Crippen molar-refractivity contribution in [3.05, 3.63) is 12.8 Å². The van der Waals surface area contributed by atoms with Crippen molar-refractivity contribution in [2.75, 3.05) is 0 Å². The van der Waals surface area contributed by atoms with Crippen LogP contribution >= 0.6 is 0 Å². The molecule has 0 bridgehead atoms. The summed E-state index contributed by atoms with van der Waals surface area (Å²) >= 11 is 0.